The number of phosphoric ester groups is 1. The van der Waals surface area contributed by atoms with Crippen LogP contribution >= 0.6 is 31.3 Å². The minimum Gasteiger partial charge on any atom is -0.387 e. The molecular formula is C25H39N3O10PS2+. The smallest absolute Gasteiger partial charge is 0.387 e. The van der Waals surface area contributed by atoms with Gasteiger partial charge in [-0.3, -0.25) is 23.2 Å². The monoisotopic (exact) mass is 636 g/mol. The summed E-state index contributed by atoms with van der Waals surface area (Å²) in [6.45, 7) is 9.93. The van der Waals surface area contributed by atoms with Crippen LogP contribution in [0.25, 0.3) is 11.0 Å². The van der Waals surface area contributed by atoms with Gasteiger partial charge in [0.2, 0.25) is 6.23 Å². The number of aliphatic hydroxyl groups excluding tert-OH is 2. The number of nitrogens with one attached hydrogen (secondary N) is 2. The Labute approximate surface area is 246 Å². The Hall–Kier alpha value is -1.55. The summed E-state index contributed by atoms with van der Waals surface area (Å²) < 4.78 is 36.8. The molecule has 1 saturated heterocycles. The van der Waals surface area contributed by atoms with Crippen molar-refractivity contribution in [3.63, 3.8) is 0 Å². The van der Waals surface area contributed by atoms with Crippen molar-refractivity contribution in [1.82, 2.24) is 9.97 Å². The molecule has 41 heavy (non-hydrogen) atoms. The Morgan fingerprint density at radius 2 is 1.54 bits per heavy atom. The van der Waals surface area contributed by atoms with Gasteiger partial charge in [0.15, 0.2) is 15.7 Å². The van der Waals surface area contributed by atoms with Crippen LogP contribution in [0.4, 0.5) is 0 Å². The number of carbonyl (C=O) groups excluding carboxylic acids is 2. The van der Waals surface area contributed by atoms with Gasteiger partial charge in [0.1, 0.15) is 30.0 Å². The molecule has 1 fully saturated rings. The van der Waals surface area contributed by atoms with Crippen molar-refractivity contribution in [3.05, 3.63) is 28.9 Å². The fourth-order valence-electron chi connectivity index (χ4n) is 3.62. The standard InChI is InChI=1S/C25H38N3O10PS2/c1-24(2,3)21(31)40-11-9-35-39(34,36-10-12-41-22(32)25(4,5)6)37-14-17-18(29)19(30)20(38-17)28-16-7-8-26-15(16)13-27-23(28)33/h7-8,13,17-20,29-30H,9-12,14H2,1-6H3,(H,26,27,33)/p+1/t17-,18-,19-,20-/m1/s1. The van der Waals surface area contributed by atoms with Gasteiger partial charge in [-0.05, 0) is 0 Å². The Bertz CT molecular complexity index is 1280. The van der Waals surface area contributed by atoms with E-state index in [-0.39, 0.29) is 35.0 Å². The number of ether oxygens (including phenoxy) is 1. The van der Waals surface area contributed by atoms with E-state index in [2.05, 4.69) is 9.97 Å². The number of fused-ring (bicyclic) bond motifs is 1. The fourth-order valence-corrected chi connectivity index (χ4v) is 6.62. The Kier molecular flexibility index (Phi) is 11.4. The summed E-state index contributed by atoms with van der Waals surface area (Å²) in [4.78, 5) is 42.4. The predicted octanol–water partition coefficient (Wildman–Crippen LogP) is 2.53. The first-order valence-electron chi connectivity index (χ1n) is 13.0. The lowest BCUT2D eigenvalue weighted by atomic mass is 9.99. The maximum atomic E-state index is 13.5. The second kappa shape index (κ2) is 13.8. The first kappa shape index (κ1) is 33.9. The first-order chi connectivity index (χ1) is 19.0. The summed E-state index contributed by atoms with van der Waals surface area (Å²) in [6.07, 6.45) is -2.37. The lowest BCUT2D eigenvalue weighted by molar-refractivity contribution is -0.758. The zero-order valence-corrected chi connectivity index (χ0v) is 26.5. The van der Waals surface area contributed by atoms with Crippen LogP contribution in [0.1, 0.15) is 47.8 Å². The first-order valence-corrected chi connectivity index (χ1v) is 16.5. The number of hydrogen-bond donors (Lipinski definition) is 4. The molecule has 2 aromatic rings. The zero-order valence-electron chi connectivity index (χ0n) is 23.9. The number of aromatic amines is 2. The predicted molar refractivity (Wildman–Crippen MR) is 154 cm³/mol. The van der Waals surface area contributed by atoms with Crippen LogP contribution in [-0.2, 0) is 32.5 Å². The van der Waals surface area contributed by atoms with Gasteiger partial charge in [0.05, 0.1) is 19.8 Å². The van der Waals surface area contributed by atoms with Crippen molar-refractivity contribution >= 4 is 52.6 Å². The number of rotatable bonds is 12. The third-order valence-corrected chi connectivity index (χ3v) is 9.87. The van der Waals surface area contributed by atoms with Crippen molar-refractivity contribution in [2.45, 2.75) is 66.1 Å². The van der Waals surface area contributed by atoms with E-state index in [0.717, 1.165) is 23.5 Å². The molecule has 0 aliphatic carbocycles. The molecule has 1 aliphatic rings. The second-order valence-corrected chi connectivity index (χ2v) is 15.3. The normalized spacial score (nSPS) is 22.0. The third kappa shape index (κ3) is 8.97. The summed E-state index contributed by atoms with van der Waals surface area (Å²) >= 11 is 2.05. The molecule has 0 aromatic carbocycles. The maximum absolute atomic E-state index is 13.5. The summed E-state index contributed by atoms with van der Waals surface area (Å²) in [5.41, 5.74) is -0.678. The quantitative estimate of drug-likeness (QED) is 0.152. The molecule has 2 aromatic heterocycles. The van der Waals surface area contributed by atoms with Gasteiger partial charge in [-0.25, -0.2) is 9.55 Å². The number of carbonyl (C=O) groups is 2. The number of aromatic nitrogens is 3. The highest BCUT2D eigenvalue weighted by molar-refractivity contribution is 8.14. The molecule has 16 heteroatoms. The number of hydrogen-bond acceptors (Lipinski definition) is 12. The molecule has 1 aliphatic heterocycles. The zero-order chi connectivity index (χ0) is 30.6. The van der Waals surface area contributed by atoms with Crippen LogP contribution in [0.3, 0.4) is 0 Å². The molecule has 3 heterocycles. The van der Waals surface area contributed by atoms with E-state index in [9.17, 15) is 29.2 Å². The van der Waals surface area contributed by atoms with Gasteiger partial charge < -0.3 is 19.9 Å². The molecule has 4 atom stereocenters. The van der Waals surface area contributed by atoms with E-state index >= 15 is 0 Å². The Morgan fingerprint density at radius 1 is 0.976 bits per heavy atom. The van der Waals surface area contributed by atoms with Crippen molar-refractivity contribution < 1.29 is 47.2 Å². The summed E-state index contributed by atoms with van der Waals surface area (Å²) in [7, 11) is -4.25. The molecule has 0 radical (unpaired) electrons. The van der Waals surface area contributed by atoms with Gasteiger partial charge >= 0.3 is 13.5 Å². The van der Waals surface area contributed by atoms with E-state index in [1.807, 2.05) is 0 Å². The summed E-state index contributed by atoms with van der Waals surface area (Å²) in [6, 6.07) is 1.62. The number of phosphoric acid groups is 1. The average molecular weight is 637 g/mol. The van der Waals surface area contributed by atoms with Crippen LogP contribution < -0.4 is 10.3 Å². The summed E-state index contributed by atoms with van der Waals surface area (Å²) in [5, 5.41) is 21.2. The van der Waals surface area contributed by atoms with Crippen LogP contribution in [-0.4, -0.2) is 80.0 Å². The number of nitrogens with zero attached hydrogens (tertiary/aromatic N) is 1. The van der Waals surface area contributed by atoms with E-state index in [0.29, 0.717) is 11.0 Å². The number of H-pyrrole nitrogens is 2. The molecule has 13 nitrogen and oxygen atoms in total. The summed E-state index contributed by atoms with van der Waals surface area (Å²) in [5.74, 6) is 0.376. The average Bonchev–Trinajstić information content (AvgIpc) is 3.47. The highest BCUT2D eigenvalue weighted by atomic mass is 32.2. The maximum Gasteiger partial charge on any atom is 0.498 e. The topological polar surface area (TPSA) is 181 Å². The fraction of sp³-hybridized carbons (Fsp3) is 0.680. The van der Waals surface area contributed by atoms with Gasteiger partial charge in [-0.1, -0.05) is 65.1 Å². The van der Waals surface area contributed by atoms with Gasteiger partial charge in [0.25, 0.3) is 0 Å². The van der Waals surface area contributed by atoms with E-state index in [4.69, 9.17) is 18.3 Å². The largest absolute Gasteiger partial charge is 0.498 e. The van der Waals surface area contributed by atoms with Crippen LogP contribution in [0.15, 0.2) is 23.3 Å². The van der Waals surface area contributed by atoms with Crippen LogP contribution in [0.2, 0.25) is 0 Å². The van der Waals surface area contributed by atoms with Crippen molar-refractivity contribution in [2.24, 2.45) is 10.8 Å². The van der Waals surface area contributed by atoms with Crippen molar-refractivity contribution in [3.8, 4) is 0 Å². The third-order valence-electron chi connectivity index (χ3n) is 5.92. The van der Waals surface area contributed by atoms with E-state index in [1.54, 1.807) is 53.8 Å². The molecule has 0 amide bonds. The Morgan fingerprint density at radius 3 is 2.07 bits per heavy atom. The molecule has 0 unspecified atom stereocenters. The molecule has 4 N–H and O–H groups in total. The van der Waals surface area contributed by atoms with Gasteiger partial charge in [0, 0.05) is 34.6 Å². The number of aliphatic hydroxyl groups is 2. The second-order valence-electron chi connectivity index (χ2n) is 11.5. The van der Waals surface area contributed by atoms with Crippen LogP contribution in [0, 0.1) is 10.8 Å². The lowest BCUT2D eigenvalue weighted by Crippen LogP contribution is -2.58. The van der Waals surface area contributed by atoms with Crippen LogP contribution in [0.5, 0.6) is 0 Å². The molecule has 3 rings (SSSR count). The van der Waals surface area contributed by atoms with Gasteiger partial charge in [-0.15, -0.1) is 0 Å². The SMILES string of the molecule is CC(C)(C)C(=O)SCCOP(=O)(OCCSC(=O)C(C)(C)C)OC[C@H]1O[C@@H]([n+]2c(=O)[nH]cc3[nH]ccc32)[C@H](O)[C@@H]1O. The van der Waals surface area contributed by atoms with E-state index < -0.39 is 55.5 Å². The molecule has 0 spiro atoms. The van der Waals surface area contributed by atoms with Crippen molar-refractivity contribution in [1.29, 1.82) is 0 Å². The van der Waals surface area contributed by atoms with Gasteiger partial charge in [-0.2, -0.15) is 9.36 Å². The molecular weight excluding hydrogens is 597 g/mol. The highest BCUT2D eigenvalue weighted by Gasteiger charge is 2.48. The highest BCUT2D eigenvalue weighted by Crippen LogP contribution is 2.50. The molecule has 0 saturated carbocycles. The van der Waals surface area contributed by atoms with Crippen molar-refractivity contribution in [2.75, 3.05) is 31.3 Å². The lowest BCUT2D eigenvalue weighted by Gasteiger charge is -2.21. The molecule has 230 valence electrons. The molecule has 0 bridgehead atoms. The minimum absolute atomic E-state index is 0.0673. The van der Waals surface area contributed by atoms with E-state index in [1.165, 1.54) is 10.8 Å². The number of thioether (sulfide) groups is 2. The Balaban J connectivity index is 1.66. The minimum atomic E-state index is -4.25.